The molecule has 0 aromatic heterocycles. The Kier molecular flexibility index (Phi) is 7.83. The van der Waals surface area contributed by atoms with Gasteiger partial charge in [0.1, 0.15) is 0 Å². The predicted octanol–water partition coefficient (Wildman–Crippen LogP) is 0.722. The lowest BCUT2D eigenvalue weighted by molar-refractivity contribution is -0.135. The van der Waals surface area contributed by atoms with Crippen molar-refractivity contribution in [3.63, 3.8) is 0 Å². The number of rotatable bonds is 7. The van der Waals surface area contributed by atoms with Gasteiger partial charge in [0.15, 0.2) is 6.21 Å². The highest BCUT2D eigenvalue weighted by atomic mass is 16.5. The second-order valence-electron chi connectivity index (χ2n) is 2.79. The highest BCUT2D eigenvalue weighted by molar-refractivity contribution is 6.22. The molecular weight excluding hydrogens is 184 g/mol. The molecule has 1 N–H and O–H groups in total. The average Bonchev–Trinajstić information content (AvgIpc) is 2.19. The summed E-state index contributed by atoms with van der Waals surface area (Å²) < 4.78 is 4.75. The second kappa shape index (κ2) is 8.50. The van der Waals surface area contributed by atoms with Crippen LogP contribution < -0.4 is 0 Å². The molecule has 82 valence electrons. The first-order valence-corrected chi connectivity index (χ1v) is 4.81. The number of ether oxygens (including phenoxy) is 1. The molecule has 0 radical (unpaired) electrons. The minimum absolute atomic E-state index is 0.362. The highest BCUT2D eigenvalue weighted by Crippen LogP contribution is 1.91. The number of carbonyl (C=O) groups excluding carboxylic acids is 1. The molecular formula is C9H18N2O3. The van der Waals surface area contributed by atoms with Crippen molar-refractivity contribution in [3.05, 3.63) is 0 Å². The van der Waals surface area contributed by atoms with Gasteiger partial charge in [0.2, 0.25) is 0 Å². The van der Waals surface area contributed by atoms with Gasteiger partial charge < -0.3 is 14.8 Å². The molecule has 0 atom stereocenters. The van der Waals surface area contributed by atoms with E-state index < -0.39 is 5.97 Å². The fourth-order valence-electron chi connectivity index (χ4n) is 1.09. The van der Waals surface area contributed by atoms with E-state index in [0.717, 1.165) is 32.3 Å². The van der Waals surface area contributed by atoms with Crippen LogP contribution in [0.25, 0.3) is 0 Å². The SMILES string of the molecule is CCN(CC)CCCOC(=O)/C=N\O. The van der Waals surface area contributed by atoms with Crippen molar-refractivity contribution in [3.8, 4) is 0 Å². The van der Waals surface area contributed by atoms with Crippen LogP contribution in [0.15, 0.2) is 5.16 Å². The summed E-state index contributed by atoms with van der Waals surface area (Å²) in [7, 11) is 0. The molecule has 0 aromatic rings. The number of carbonyl (C=O) groups is 1. The van der Waals surface area contributed by atoms with Crippen LogP contribution in [-0.4, -0.2) is 48.5 Å². The van der Waals surface area contributed by atoms with Crippen molar-refractivity contribution >= 4 is 12.2 Å². The van der Waals surface area contributed by atoms with Gasteiger partial charge in [0.05, 0.1) is 6.61 Å². The molecule has 0 aliphatic heterocycles. The molecule has 0 aromatic carbocycles. The minimum atomic E-state index is -0.605. The summed E-state index contributed by atoms with van der Waals surface area (Å²) in [5.41, 5.74) is 0. The van der Waals surface area contributed by atoms with Crippen LogP contribution in [0.5, 0.6) is 0 Å². The molecule has 0 aliphatic carbocycles. The van der Waals surface area contributed by atoms with Crippen LogP contribution in [0.1, 0.15) is 20.3 Å². The zero-order valence-electron chi connectivity index (χ0n) is 8.77. The van der Waals surface area contributed by atoms with Gasteiger partial charge in [-0.05, 0) is 19.5 Å². The Morgan fingerprint density at radius 2 is 2.14 bits per heavy atom. The van der Waals surface area contributed by atoms with E-state index in [2.05, 4.69) is 23.9 Å². The Hall–Kier alpha value is -1.10. The predicted molar refractivity (Wildman–Crippen MR) is 53.6 cm³/mol. The number of nitrogens with zero attached hydrogens (tertiary/aromatic N) is 2. The Balaban J connectivity index is 3.41. The molecule has 0 heterocycles. The molecule has 0 saturated carbocycles. The summed E-state index contributed by atoms with van der Waals surface area (Å²) in [6.45, 7) is 7.46. The Morgan fingerprint density at radius 3 is 2.64 bits per heavy atom. The maximum absolute atomic E-state index is 10.7. The van der Waals surface area contributed by atoms with Crippen molar-refractivity contribution in [2.75, 3.05) is 26.2 Å². The molecule has 0 saturated heterocycles. The van der Waals surface area contributed by atoms with Gasteiger partial charge in [0.25, 0.3) is 0 Å². The lowest BCUT2D eigenvalue weighted by atomic mass is 10.4. The summed E-state index contributed by atoms with van der Waals surface area (Å²) in [4.78, 5) is 12.9. The fourth-order valence-corrected chi connectivity index (χ4v) is 1.09. The molecule has 5 heteroatoms. The zero-order chi connectivity index (χ0) is 10.8. The first kappa shape index (κ1) is 12.9. The summed E-state index contributed by atoms with van der Waals surface area (Å²) in [6.07, 6.45) is 1.55. The van der Waals surface area contributed by atoms with Gasteiger partial charge >= 0.3 is 5.97 Å². The van der Waals surface area contributed by atoms with Gasteiger partial charge in [-0.3, -0.25) is 0 Å². The first-order valence-electron chi connectivity index (χ1n) is 4.81. The third-order valence-electron chi connectivity index (χ3n) is 1.92. The largest absolute Gasteiger partial charge is 0.461 e. The zero-order valence-corrected chi connectivity index (χ0v) is 8.77. The van der Waals surface area contributed by atoms with Crippen LogP contribution in [0.2, 0.25) is 0 Å². The summed E-state index contributed by atoms with van der Waals surface area (Å²) in [5.74, 6) is -0.605. The summed E-state index contributed by atoms with van der Waals surface area (Å²) in [6, 6.07) is 0. The third-order valence-corrected chi connectivity index (χ3v) is 1.92. The van der Waals surface area contributed by atoms with Crippen molar-refractivity contribution in [2.24, 2.45) is 5.16 Å². The maximum atomic E-state index is 10.7. The summed E-state index contributed by atoms with van der Waals surface area (Å²) >= 11 is 0. The molecule has 0 fully saturated rings. The molecule has 0 rings (SSSR count). The van der Waals surface area contributed by atoms with Crippen LogP contribution in [-0.2, 0) is 9.53 Å². The number of hydrogen-bond acceptors (Lipinski definition) is 5. The molecule has 5 nitrogen and oxygen atoms in total. The average molecular weight is 202 g/mol. The number of hydrogen-bond donors (Lipinski definition) is 1. The quantitative estimate of drug-likeness (QED) is 0.217. The maximum Gasteiger partial charge on any atom is 0.352 e. The van der Waals surface area contributed by atoms with Crippen molar-refractivity contribution in [1.29, 1.82) is 0 Å². The van der Waals surface area contributed by atoms with E-state index in [9.17, 15) is 4.79 Å². The highest BCUT2D eigenvalue weighted by Gasteiger charge is 2.00. The van der Waals surface area contributed by atoms with Crippen molar-refractivity contribution in [1.82, 2.24) is 4.90 Å². The van der Waals surface area contributed by atoms with E-state index in [1.54, 1.807) is 0 Å². The Labute approximate surface area is 84.3 Å². The third kappa shape index (κ3) is 6.42. The fraction of sp³-hybridized carbons (Fsp3) is 0.778. The van der Waals surface area contributed by atoms with Gasteiger partial charge in [-0.25, -0.2) is 4.79 Å². The molecule has 0 bridgehead atoms. The minimum Gasteiger partial charge on any atom is -0.461 e. The van der Waals surface area contributed by atoms with E-state index in [1.807, 2.05) is 0 Å². The van der Waals surface area contributed by atoms with E-state index >= 15 is 0 Å². The number of esters is 1. The second-order valence-corrected chi connectivity index (χ2v) is 2.79. The van der Waals surface area contributed by atoms with E-state index in [0.29, 0.717) is 6.61 Å². The molecule has 0 unspecified atom stereocenters. The topological polar surface area (TPSA) is 62.1 Å². The molecule has 14 heavy (non-hydrogen) atoms. The molecule has 0 aliphatic rings. The van der Waals surface area contributed by atoms with Crippen LogP contribution in [0.4, 0.5) is 0 Å². The van der Waals surface area contributed by atoms with Crippen LogP contribution in [0.3, 0.4) is 0 Å². The first-order chi connectivity index (χ1) is 6.74. The van der Waals surface area contributed by atoms with Gasteiger partial charge in [-0.1, -0.05) is 19.0 Å². The van der Waals surface area contributed by atoms with Gasteiger partial charge in [0, 0.05) is 6.54 Å². The number of oxime groups is 1. The van der Waals surface area contributed by atoms with E-state index in [4.69, 9.17) is 9.94 Å². The standard InChI is InChI=1S/C9H18N2O3/c1-3-11(4-2)6-5-7-14-9(12)8-10-13/h8,13H,3-7H2,1-2H3/b10-8-. The Bertz CT molecular complexity index is 179. The summed E-state index contributed by atoms with van der Waals surface area (Å²) in [5, 5.41) is 10.6. The van der Waals surface area contributed by atoms with Crippen LogP contribution in [0, 0.1) is 0 Å². The van der Waals surface area contributed by atoms with Gasteiger partial charge in [-0.15, -0.1) is 0 Å². The Morgan fingerprint density at radius 1 is 1.50 bits per heavy atom. The van der Waals surface area contributed by atoms with Gasteiger partial charge in [-0.2, -0.15) is 0 Å². The van der Waals surface area contributed by atoms with E-state index in [1.165, 1.54) is 0 Å². The van der Waals surface area contributed by atoms with Crippen molar-refractivity contribution in [2.45, 2.75) is 20.3 Å². The smallest absolute Gasteiger partial charge is 0.352 e. The van der Waals surface area contributed by atoms with Crippen molar-refractivity contribution < 1.29 is 14.7 Å². The molecule has 0 amide bonds. The monoisotopic (exact) mass is 202 g/mol. The van der Waals surface area contributed by atoms with Crippen LogP contribution >= 0.6 is 0 Å². The molecule has 0 spiro atoms. The normalized spacial score (nSPS) is 11.1. The lowest BCUT2D eigenvalue weighted by Crippen LogP contribution is -2.25. The van der Waals surface area contributed by atoms with E-state index in [-0.39, 0.29) is 0 Å². The lowest BCUT2D eigenvalue weighted by Gasteiger charge is -2.17.